The van der Waals surface area contributed by atoms with Crippen molar-refractivity contribution in [3.05, 3.63) is 58.4 Å². The van der Waals surface area contributed by atoms with Crippen molar-refractivity contribution in [3.8, 4) is 5.75 Å². The maximum Gasteiger partial charge on any atom is 0.410 e. The van der Waals surface area contributed by atoms with Gasteiger partial charge in [-0.15, -0.1) is 0 Å². The molecule has 2 bridgehead atoms. The Balaban J connectivity index is 1.57. The molecule has 0 aliphatic carbocycles. The Kier molecular flexibility index (Phi) is 7.39. The Morgan fingerprint density at radius 1 is 1.12 bits per heavy atom. The van der Waals surface area contributed by atoms with Crippen molar-refractivity contribution < 1.29 is 14.3 Å². The third-order valence-corrected chi connectivity index (χ3v) is 7.02. The number of benzene rings is 1. The smallest absolute Gasteiger partial charge is 0.410 e. The lowest BCUT2D eigenvalue weighted by Gasteiger charge is -2.50. The molecule has 2 fully saturated rings. The molecule has 0 radical (unpaired) electrons. The number of pyridine rings is 1. The van der Waals surface area contributed by atoms with Crippen LogP contribution in [-0.2, 0) is 17.7 Å². The first-order valence-corrected chi connectivity index (χ1v) is 12.6. The number of aryl methyl sites for hydroxylation is 1. The van der Waals surface area contributed by atoms with Gasteiger partial charge < -0.3 is 14.4 Å². The average molecular weight is 486 g/mol. The molecule has 184 valence electrons. The van der Waals surface area contributed by atoms with E-state index in [0.717, 1.165) is 42.9 Å². The zero-order chi connectivity index (χ0) is 24.5. The fourth-order valence-corrected chi connectivity index (χ4v) is 5.24. The fraction of sp³-hybridized carbons (Fsp3) is 0.556. The van der Waals surface area contributed by atoms with Gasteiger partial charge in [0.05, 0.1) is 0 Å². The van der Waals surface area contributed by atoms with Crippen LogP contribution in [0.2, 0.25) is 5.15 Å². The molecular weight excluding hydrogens is 450 g/mol. The Labute approximate surface area is 208 Å². The Bertz CT molecular complexity index is 992. The number of likely N-dealkylation sites (tertiary alicyclic amines) is 2. The summed E-state index contributed by atoms with van der Waals surface area (Å²) in [5.74, 6) is 1.18. The summed E-state index contributed by atoms with van der Waals surface area (Å²) in [7, 11) is 0. The van der Waals surface area contributed by atoms with E-state index < -0.39 is 5.60 Å². The topological polar surface area (TPSA) is 54.9 Å². The highest BCUT2D eigenvalue weighted by atomic mass is 35.5. The summed E-state index contributed by atoms with van der Waals surface area (Å²) in [6, 6.07) is 10.5. The molecule has 3 heterocycles. The molecular formula is C27H36ClN3O3. The molecule has 34 heavy (non-hydrogen) atoms. The van der Waals surface area contributed by atoms with Gasteiger partial charge in [-0.05, 0) is 39.7 Å². The number of fused-ring (bicyclic) bond motifs is 2. The number of amides is 1. The number of hydrogen-bond acceptors (Lipinski definition) is 5. The first-order chi connectivity index (χ1) is 16.1. The van der Waals surface area contributed by atoms with E-state index in [-0.39, 0.29) is 24.0 Å². The highest BCUT2D eigenvalue weighted by Crippen LogP contribution is 2.37. The van der Waals surface area contributed by atoms with Crippen molar-refractivity contribution in [2.24, 2.45) is 11.8 Å². The van der Waals surface area contributed by atoms with Crippen molar-refractivity contribution in [1.29, 1.82) is 0 Å². The van der Waals surface area contributed by atoms with Gasteiger partial charge >= 0.3 is 6.09 Å². The molecule has 2 saturated heterocycles. The molecule has 4 rings (SSSR count). The van der Waals surface area contributed by atoms with Crippen LogP contribution >= 0.6 is 11.6 Å². The molecule has 0 N–H and O–H groups in total. The number of hydrogen-bond donors (Lipinski definition) is 0. The predicted molar refractivity (Wildman–Crippen MR) is 134 cm³/mol. The first-order valence-electron chi connectivity index (χ1n) is 12.2. The van der Waals surface area contributed by atoms with E-state index in [9.17, 15) is 4.79 Å². The van der Waals surface area contributed by atoms with Crippen molar-refractivity contribution in [2.75, 3.05) is 26.2 Å². The van der Waals surface area contributed by atoms with E-state index >= 15 is 0 Å². The number of aromatic nitrogens is 1. The Hall–Kier alpha value is -2.31. The van der Waals surface area contributed by atoms with E-state index in [4.69, 9.17) is 21.1 Å². The molecule has 2 atom stereocenters. The van der Waals surface area contributed by atoms with Crippen LogP contribution in [0.25, 0.3) is 0 Å². The molecule has 2 unspecified atom stereocenters. The van der Waals surface area contributed by atoms with Gasteiger partial charge in [0.1, 0.15) is 22.6 Å². The van der Waals surface area contributed by atoms with Crippen molar-refractivity contribution in [2.45, 2.75) is 59.3 Å². The molecule has 0 saturated carbocycles. The van der Waals surface area contributed by atoms with Crippen LogP contribution in [0.1, 0.15) is 44.4 Å². The third kappa shape index (κ3) is 5.66. The van der Waals surface area contributed by atoms with Crippen LogP contribution in [0, 0.1) is 18.8 Å². The minimum absolute atomic E-state index is 0.00757. The maximum absolute atomic E-state index is 12.9. The lowest BCUT2D eigenvalue weighted by atomic mass is 9.81. The van der Waals surface area contributed by atoms with Gasteiger partial charge in [-0.25, -0.2) is 9.78 Å². The summed E-state index contributed by atoms with van der Waals surface area (Å²) in [6.07, 6.45) is 2.41. The van der Waals surface area contributed by atoms with Gasteiger partial charge in [0.25, 0.3) is 0 Å². The molecule has 2 aliphatic rings. The van der Waals surface area contributed by atoms with Crippen molar-refractivity contribution in [1.82, 2.24) is 14.8 Å². The molecule has 1 aromatic carbocycles. The van der Waals surface area contributed by atoms with Gasteiger partial charge in [-0.3, -0.25) is 4.90 Å². The van der Waals surface area contributed by atoms with Crippen LogP contribution in [0.5, 0.6) is 5.75 Å². The summed E-state index contributed by atoms with van der Waals surface area (Å²) < 4.78 is 12.5. The lowest BCUT2D eigenvalue weighted by molar-refractivity contribution is -0.0712. The van der Waals surface area contributed by atoms with E-state index in [1.807, 2.05) is 44.9 Å². The number of piperidine rings is 2. The number of halogens is 1. The summed E-state index contributed by atoms with van der Waals surface area (Å²) in [5.41, 5.74) is 2.74. The standard InChI is InChI=1S/C27H36ClN3O3/c1-6-20-12-29-25(28)18(2)23(20)33-24-21-14-30(13-19-10-8-7-9-11-19)15-22(24)17-31(16-21)26(32)34-27(3,4)5/h7-12,21-22,24H,6,13-17H2,1-5H3. The number of ether oxygens (including phenoxy) is 2. The first kappa shape index (κ1) is 24.8. The highest BCUT2D eigenvalue weighted by Gasteiger charge is 2.46. The maximum atomic E-state index is 12.9. The molecule has 1 amide bonds. The minimum atomic E-state index is -0.514. The van der Waals surface area contributed by atoms with Gasteiger partial charge in [0, 0.05) is 61.9 Å². The second kappa shape index (κ2) is 10.1. The van der Waals surface area contributed by atoms with Crippen LogP contribution < -0.4 is 4.74 Å². The number of rotatable bonds is 5. The summed E-state index contributed by atoms with van der Waals surface area (Å²) in [6.45, 7) is 13.6. The molecule has 2 aliphatic heterocycles. The quantitative estimate of drug-likeness (QED) is 0.534. The second-order valence-electron chi connectivity index (χ2n) is 10.5. The monoisotopic (exact) mass is 485 g/mol. The molecule has 0 spiro atoms. The van der Waals surface area contributed by atoms with Crippen LogP contribution in [0.3, 0.4) is 0 Å². The summed E-state index contributed by atoms with van der Waals surface area (Å²) >= 11 is 6.35. The summed E-state index contributed by atoms with van der Waals surface area (Å²) in [4.78, 5) is 21.6. The van der Waals surface area contributed by atoms with E-state index in [1.165, 1.54) is 5.56 Å². The zero-order valence-electron chi connectivity index (χ0n) is 20.9. The zero-order valence-corrected chi connectivity index (χ0v) is 21.6. The Morgan fingerprint density at radius 2 is 1.76 bits per heavy atom. The normalized spacial score (nSPS) is 23.0. The minimum Gasteiger partial charge on any atom is -0.489 e. The SMILES string of the molecule is CCc1cnc(Cl)c(C)c1OC1C2CN(Cc3ccccc3)CC1CN(C(=O)OC(C)(C)C)C2. The van der Waals surface area contributed by atoms with Crippen LogP contribution in [0.15, 0.2) is 36.5 Å². The van der Waals surface area contributed by atoms with E-state index in [2.05, 4.69) is 41.1 Å². The van der Waals surface area contributed by atoms with Crippen LogP contribution in [-0.4, -0.2) is 58.8 Å². The van der Waals surface area contributed by atoms with Gasteiger partial charge in [-0.2, -0.15) is 0 Å². The van der Waals surface area contributed by atoms with E-state index in [1.54, 1.807) is 0 Å². The number of nitrogens with zero attached hydrogens (tertiary/aromatic N) is 3. The highest BCUT2D eigenvalue weighted by molar-refractivity contribution is 6.30. The predicted octanol–water partition coefficient (Wildman–Crippen LogP) is 5.35. The fourth-order valence-electron chi connectivity index (χ4n) is 5.11. The largest absolute Gasteiger partial charge is 0.489 e. The molecule has 2 aromatic rings. The van der Waals surface area contributed by atoms with E-state index in [0.29, 0.717) is 18.2 Å². The van der Waals surface area contributed by atoms with Crippen molar-refractivity contribution >= 4 is 17.7 Å². The van der Waals surface area contributed by atoms with Gasteiger partial charge in [0.2, 0.25) is 0 Å². The van der Waals surface area contributed by atoms with Gasteiger partial charge in [0.15, 0.2) is 0 Å². The molecule has 7 heteroatoms. The lowest BCUT2D eigenvalue weighted by Crippen LogP contribution is -2.62. The number of carbonyl (C=O) groups excluding carboxylic acids is 1. The Morgan fingerprint density at radius 3 is 2.35 bits per heavy atom. The average Bonchev–Trinajstić information content (AvgIpc) is 2.76. The van der Waals surface area contributed by atoms with Crippen LogP contribution in [0.4, 0.5) is 4.79 Å². The third-order valence-electron chi connectivity index (χ3n) is 6.64. The summed E-state index contributed by atoms with van der Waals surface area (Å²) in [5, 5.41) is 0.481. The number of carbonyl (C=O) groups is 1. The molecule has 6 nitrogen and oxygen atoms in total. The molecule has 1 aromatic heterocycles. The second-order valence-corrected chi connectivity index (χ2v) is 10.9. The van der Waals surface area contributed by atoms with Gasteiger partial charge in [-0.1, -0.05) is 48.9 Å². The van der Waals surface area contributed by atoms with Crippen molar-refractivity contribution in [3.63, 3.8) is 0 Å².